The van der Waals surface area contributed by atoms with Gasteiger partial charge in [0.15, 0.2) is 11.5 Å². The minimum absolute atomic E-state index is 0.506. The number of carbonyl (C=O) groups is 1. The standard InChI is InChI=1S/C11H12O4/c1-11(2)14-9-5-7(6-12)4-8(13-3)10(9)15-11/h4-6H,1-3H3. The summed E-state index contributed by atoms with van der Waals surface area (Å²) in [5.74, 6) is 0.895. The van der Waals surface area contributed by atoms with Crippen LogP contribution in [0.5, 0.6) is 17.2 Å². The van der Waals surface area contributed by atoms with Gasteiger partial charge in [-0.15, -0.1) is 0 Å². The molecule has 4 nitrogen and oxygen atoms in total. The first-order chi connectivity index (χ1) is 7.05. The van der Waals surface area contributed by atoms with Crippen LogP contribution in [0.25, 0.3) is 0 Å². The second-order valence-electron chi connectivity index (χ2n) is 3.77. The summed E-state index contributed by atoms with van der Waals surface area (Å²) in [6.45, 7) is 3.60. The molecule has 0 N–H and O–H groups in total. The van der Waals surface area contributed by atoms with Gasteiger partial charge in [0.25, 0.3) is 0 Å². The predicted molar refractivity (Wildman–Crippen MR) is 53.7 cm³/mol. The van der Waals surface area contributed by atoms with Gasteiger partial charge in [0.1, 0.15) is 6.29 Å². The maximum atomic E-state index is 10.7. The van der Waals surface area contributed by atoms with Crippen LogP contribution in [0.15, 0.2) is 12.1 Å². The third kappa shape index (κ3) is 1.63. The molecular formula is C11H12O4. The molecule has 0 atom stereocenters. The number of benzene rings is 1. The van der Waals surface area contributed by atoms with Crippen molar-refractivity contribution in [2.75, 3.05) is 7.11 Å². The van der Waals surface area contributed by atoms with Crippen molar-refractivity contribution in [1.29, 1.82) is 0 Å². The molecule has 0 fully saturated rings. The van der Waals surface area contributed by atoms with E-state index in [1.807, 2.05) is 0 Å². The number of rotatable bonds is 2. The van der Waals surface area contributed by atoms with Gasteiger partial charge in [-0.3, -0.25) is 4.79 Å². The summed E-state index contributed by atoms with van der Waals surface area (Å²) in [5.41, 5.74) is 0.506. The van der Waals surface area contributed by atoms with E-state index in [1.165, 1.54) is 7.11 Å². The lowest BCUT2D eigenvalue weighted by Crippen LogP contribution is -2.29. The van der Waals surface area contributed by atoms with Crippen molar-refractivity contribution in [3.05, 3.63) is 17.7 Å². The van der Waals surface area contributed by atoms with Crippen LogP contribution in [0.2, 0.25) is 0 Å². The summed E-state index contributed by atoms with van der Waals surface area (Å²) in [6.07, 6.45) is 0.747. The molecule has 0 aliphatic carbocycles. The summed E-state index contributed by atoms with van der Waals surface area (Å²) < 4.78 is 16.2. The van der Waals surface area contributed by atoms with Gasteiger partial charge in [0.05, 0.1) is 7.11 Å². The largest absolute Gasteiger partial charge is 0.493 e. The Morgan fingerprint density at radius 3 is 2.67 bits per heavy atom. The number of fused-ring (bicyclic) bond motifs is 1. The molecule has 1 aliphatic rings. The number of methoxy groups -OCH3 is 1. The van der Waals surface area contributed by atoms with Crippen LogP contribution in [0.3, 0.4) is 0 Å². The van der Waals surface area contributed by atoms with Gasteiger partial charge >= 0.3 is 0 Å². The zero-order valence-corrected chi connectivity index (χ0v) is 8.87. The molecule has 0 saturated heterocycles. The average Bonchev–Trinajstić information content (AvgIpc) is 2.50. The Labute approximate surface area is 87.8 Å². The van der Waals surface area contributed by atoms with Gasteiger partial charge in [0, 0.05) is 19.4 Å². The monoisotopic (exact) mass is 208 g/mol. The normalized spacial score (nSPS) is 16.2. The highest BCUT2D eigenvalue weighted by Gasteiger charge is 2.34. The summed E-state index contributed by atoms with van der Waals surface area (Å²) in [4.78, 5) is 10.7. The highest BCUT2D eigenvalue weighted by atomic mass is 16.7. The molecule has 1 heterocycles. The molecule has 1 aliphatic heterocycles. The van der Waals surface area contributed by atoms with E-state index in [9.17, 15) is 4.79 Å². The number of aldehydes is 1. The Bertz CT molecular complexity index is 409. The van der Waals surface area contributed by atoms with Crippen molar-refractivity contribution in [3.63, 3.8) is 0 Å². The Morgan fingerprint density at radius 1 is 1.33 bits per heavy atom. The van der Waals surface area contributed by atoms with E-state index in [0.717, 1.165) is 6.29 Å². The van der Waals surface area contributed by atoms with Crippen LogP contribution >= 0.6 is 0 Å². The molecule has 0 amide bonds. The molecule has 0 bridgehead atoms. The zero-order valence-electron chi connectivity index (χ0n) is 8.87. The molecule has 0 spiro atoms. The Morgan fingerprint density at radius 2 is 2.07 bits per heavy atom. The van der Waals surface area contributed by atoms with Crippen molar-refractivity contribution in [3.8, 4) is 17.2 Å². The first kappa shape index (κ1) is 9.83. The van der Waals surface area contributed by atoms with Gasteiger partial charge in [-0.2, -0.15) is 0 Å². The van der Waals surface area contributed by atoms with E-state index in [4.69, 9.17) is 14.2 Å². The highest BCUT2D eigenvalue weighted by Crippen LogP contribution is 2.46. The van der Waals surface area contributed by atoms with E-state index >= 15 is 0 Å². The lowest BCUT2D eigenvalue weighted by atomic mass is 10.2. The minimum atomic E-state index is -0.711. The molecule has 80 valence electrons. The molecule has 0 radical (unpaired) electrons. The van der Waals surface area contributed by atoms with E-state index in [2.05, 4.69) is 0 Å². The van der Waals surface area contributed by atoms with E-state index in [1.54, 1.807) is 26.0 Å². The molecule has 2 rings (SSSR count). The fourth-order valence-corrected chi connectivity index (χ4v) is 1.52. The molecule has 1 aromatic carbocycles. The van der Waals surface area contributed by atoms with Crippen LogP contribution in [-0.2, 0) is 0 Å². The molecule has 0 saturated carbocycles. The summed E-state index contributed by atoms with van der Waals surface area (Å²) in [7, 11) is 1.53. The molecule has 1 aromatic rings. The van der Waals surface area contributed by atoms with Crippen molar-refractivity contribution in [2.45, 2.75) is 19.6 Å². The Hall–Kier alpha value is -1.71. The van der Waals surface area contributed by atoms with Crippen LogP contribution < -0.4 is 14.2 Å². The highest BCUT2D eigenvalue weighted by molar-refractivity contribution is 5.78. The van der Waals surface area contributed by atoms with Crippen LogP contribution in [-0.4, -0.2) is 19.2 Å². The SMILES string of the molecule is COc1cc(C=O)cc2c1OC(C)(C)O2. The summed E-state index contributed by atoms with van der Waals surface area (Å²) in [6, 6.07) is 3.26. The second-order valence-corrected chi connectivity index (χ2v) is 3.77. The second kappa shape index (κ2) is 3.15. The Balaban J connectivity index is 2.52. The van der Waals surface area contributed by atoms with Crippen molar-refractivity contribution in [1.82, 2.24) is 0 Å². The van der Waals surface area contributed by atoms with Gasteiger partial charge in [0.2, 0.25) is 11.5 Å². The smallest absolute Gasteiger partial charge is 0.246 e. The van der Waals surface area contributed by atoms with Crippen molar-refractivity contribution >= 4 is 6.29 Å². The van der Waals surface area contributed by atoms with E-state index in [-0.39, 0.29) is 0 Å². The number of hydrogen-bond donors (Lipinski definition) is 0. The number of hydrogen-bond acceptors (Lipinski definition) is 4. The Kier molecular flexibility index (Phi) is 2.07. The number of carbonyl (C=O) groups excluding carboxylic acids is 1. The molecular weight excluding hydrogens is 196 g/mol. The maximum Gasteiger partial charge on any atom is 0.246 e. The van der Waals surface area contributed by atoms with Gasteiger partial charge in [-0.1, -0.05) is 0 Å². The average molecular weight is 208 g/mol. The maximum absolute atomic E-state index is 10.7. The predicted octanol–water partition coefficient (Wildman–Crippen LogP) is 2.01. The first-order valence-electron chi connectivity index (χ1n) is 4.61. The molecule has 0 aromatic heterocycles. The summed E-state index contributed by atoms with van der Waals surface area (Å²) >= 11 is 0. The first-order valence-corrected chi connectivity index (χ1v) is 4.61. The molecule has 0 unspecified atom stereocenters. The number of ether oxygens (including phenoxy) is 3. The molecule has 4 heteroatoms. The van der Waals surface area contributed by atoms with Crippen LogP contribution in [0.4, 0.5) is 0 Å². The van der Waals surface area contributed by atoms with Crippen LogP contribution in [0, 0.1) is 0 Å². The van der Waals surface area contributed by atoms with E-state index < -0.39 is 5.79 Å². The lowest BCUT2D eigenvalue weighted by molar-refractivity contribution is -0.0439. The minimum Gasteiger partial charge on any atom is -0.493 e. The lowest BCUT2D eigenvalue weighted by Gasteiger charge is -2.16. The third-order valence-corrected chi connectivity index (χ3v) is 2.10. The third-order valence-electron chi connectivity index (χ3n) is 2.10. The van der Waals surface area contributed by atoms with Crippen LogP contribution in [0.1, 0.15) is 24.2 Å². The van der Waals surface area contributed by atoms with Gasteiger partial charge in [-0.05, 0) is 12.1 Å². The fourth-order valence-electron chi connectivity index (χ4n) is 1.52. The quantitative estimate of drug-likeness (QED) is 0.697. The zero-order chi connectivity index (χ0) is 11.1. The molecule has 15 heavy (non-hydrogen) atoms. The summed E-state index contributed by atoms with van der Waals surface area (Å²) in [5, 5.41) is 0. The van der Waals surface area contributed by atoms with Gasteiger partial charge < -0.3 is 14.2 Å². The van der Waals surface area contributed by atoms with Crippen molar-refractivity contribution in [2.24, 2.45) is 0 Å². The topological polar surface area (TPSA) is 44.8 Å². The van der Waals surface area contributed by atoms with Crippen molar-refractivity contribution < 1.29 is 19.0 Å². The van der Waals surface area contributed by atoms with Gasteiger partial charge in [-0.25, -0.2) is 0 Å². The fraction of sp³-hybridized carbons (Fsp3) is 0.364. The van der Waals surface area contributed by atoms with E-state index in [0.29, 0.717) is 22.8 Å².